The number of rotatable bonds is 4. The molecule has 0 aliphatic heterocycles. The molecule has 5 heteroatoms. The van der Waals surface area contributed by atoms with Gasteiger partial charge in [0.2, 0.25) is 5.91 Å². The third-order valence-corrected chi connectivity index (χ3v) is 3.42. The summed E-state index contributed by atoms with van der Waals surface area (Å²) in [5.41, 5.74) is 5.81. The zero-order valence-corrected chi connectivity index (χ0v) is 9.77. The molecule has 92 valence electrons. The van der Waals surface area contributed by atoms with Gasteiger partial charge in [-0.05, 0) is 26.7 Å². The molecule has 1 fully saturated rings. The van der Waals surface area contributed by atoms with Crippen LogP contribution < -0.4 is 11.1 Å². The van der Waals surface area contributed by atoms with E-state index in [4.69, 9.17) is 10.8 Å². The number of aliphatic carboxylic acids is 1. The van der Waals surface area contributed by atoms with E-state index in [2.05, 4.69) is 5.32 Å². The summed E-state index contributed by atoms with van der Waals surface area (Å²) >= 11 is 0. The Morgan fingerprint density at radius 3 is 2.44 bits per heavy atom. The van der Waals surface area contributed by atoms with Crippen molar-refractivity contribution >= 4 is 11.9 Å². The molecule has 0 aromatic heterocycles. The summed E-state index contributed by atoms with van der Waals surface area (Å²) in [4.78, 5) is 22.5. The Balaban J connectivity index is 2.47. The molecule has 1 saturated carbocycles. The van der Waals surface area contributed by atoms with E-state index in [1.165, 1.54) is 0 Å². The van der Waals surface area contributed by atoms with Gasteiger partial charge in [-0.25, -0.2) is 0 Å². The van der Waals surface area contributed by atoms with E-state index in [-0.39, 0.29) is 23.9 Å². The second kappa shape index (κ2) is 5.30. The van der Waals surface area contributed by atoms with Gasteiger partial charge in [-0.15, -0.1) is 0 Å². The van der Waals surface area contributed by atoms with Gasteiger partial charge in [0, 0.05) is 12.1 Å². The normalized spacial score (nSPS) is 28.4. The van der Waals surface area contributed by atoms with E-state index >= 15 is 0 Å². The van der Waals surface area contributed by atoms with Crippen molar-refractivity contribution in [2.45, 2.75) is 45.2 Å². The second-order valence-corrected chi connectivity index (χ2v) is 4.63. The van der Waals surface area contributed by atoms with E-state index in [0.717, 1.165) is 19.3 Å². The first-order chi connectivity index (χ1) is 7.43. The van der Waals surface area contributed by atoms with Crippen LogP contribution in [0.5, 0.6) is 0 Å². The molecule has 1 aliphatic carbocycles. The molecular formula is C11H20N2O3. The molecule has 16 heavy (non-hydrogen) atoms. The van der Waals surface area contributed by atoms with Crippen LogP contribution in [0, 0.1) is 11.8 Å². The van der Waals surface area contributed by atoms with Crippen LogP contribution in [-0.2, 0) is 9.59 Å². The fourth-order valence-electron chi connectivity index (χ4n) is 1.98. The summed E-state index contributed by atoms with van der Waals surface area (Å²) in [5, 5.41) is 11.5. The predicted octanol–water partition coefficient (Wildman–Crippen LogP) is 0.339. The highest BCUT2D eigenvalue weighted by Gasteiger charge is 2.32. The third kappa shape index (κ3) is 2.95. The number of nitrogens with one attached hydrogen (secondary N) is 1. The van der Waals surface area contributed by atoms with Crippen molar-refractivity contribution in [3.63, 3.8) is 0 Å². The highest BCUT2D eigenvalue weighted by molar-refractivity contribution is 5.81. The second-order valence-electron chi connectivity index (χ2n) is 4.63. The number of hydrogen-bond acceptors (Lipinski definition) is 3. The quantitative estimate of drug-likeness (QED) is 0.647. The van der Waals surface area contributed by atoms with Crippen LogP contribution >= 0.6 is 0 Å². The van der Waals surface area contributed by atoms with Gasteiger partial charge in [-0.2, -0.15) is 0 Å². The average Bonchev–Trinajstić information content (AvgIpc) is 2.62. The Morgan fingerprint density at radius 2 is 2.00 bits per heavy atom. The van der Waals surface area contributed by atoms with Gasteiger partial charge in [-0.3, -0.25) is 9.59 Å². The summed E-state index contributed by atoms with van der Waals surface area (Å²) in [5.74, 6) is -1.74. The van der Waals surface area contributed by atoms with E-state index in [1.807, 2.05) is 0 Å². The van der Waals surface area contributed by atoms with Crippen molar-refractivity contribution in [3.8, 4) is 0 Å². The zero-order chi connectivity index (χ0) is 12.3. The lowest BCUT2D eigenvalue weighted by Gasteiger charge is -2.21. The van der Waals surface area contributed by atoms with Crippen molar-refractivity contribution in [1.82, 2.24) is 5.32 Å². The number of carbonyl (C=O) groups is 2. The van der Waals surface area contributed by atoms with Crippen LogP contribution in [0.2, 0.25) is 0 Å². The number of carbonyl (C=O) groups excluding carboxylic acids is 1. The van der Waals surface area contributed by atoms with E-state index in [1.54, 1.807) is 13.8 Å². The first-order valence-electron chi connectivity index (χ1n) is 5.72. The molecule has 0 spiro atoms. The van der Waals surface area contributed by atoms with Crippen LogP contribution in [0.3, 0.4) is 0 Å². The van der Waals surface area contributed by atoms with Crippen LogP contribution in [0.25, 0.3) is 0 Å². The van der Waals surface area contributed by atoms with Gasteiger partial charge in [-0.1, -0.05) is 6.42 Å². The molecule has 0 radical (unpaired) electrons. The maximum Gasteiger partial charge on any atom is 0.308 e. The molecular weight excluding hydrogens is 208 g/mol. The molecule has 0 heterocycles. The minimum Gasteiger partial charge on any atom is -0.481 e. The fourth-order valence-corrected chi connectivity index (χ4v) is 1.98. The Morgan fingerprint density at radius 1 is 1.38 bits per heavy atom. The monoisotopic (exact) mass is 228 g/mol. The van der Waals surface area contributed by atoms with Crippen LogP contribution in [-0.4, -0.2) is 29.1 Å². The molecule has 4 N–H and O–H groups in total. The van der Waals surface area contributed by atoms with Crippen LogP contribution in [0.15, 0.2) is 0 Å². The van der Waals surface area contributed by atoms with Crippen molar-refractivity contribution in [2.24, 2.45) is 17.6 Å². The largest absolute Gasteiger partial charge is 0.481 e. The van der Waals surface area contributed by atoms with E-state index in [0.29, 0.717) is 0 Å². The number of carboxylic acid groups (broad SMARTS) is 1. The van der Waals surface area contributed by atoms with Gasteiger partial charge in [0.05, 0.1) is 11.8 Å². The molecule has 0 bridgehead atoms. The summed E-state index contributed by atoms with van der Waals surface area (Å²) in [6.07, 6.45) is 2.66. The van der Waals surface area contributed by atoms with E-state index in [9.17, 15) is 9.59 Å². The minimum atomic E-state index is -0.900. The Labute approximate surface area is 95.4 Å². The number of amides is 1. The molecule has 0 saturated heterocycles. The van der Waals surface area contributed by atoms with E-state index < -0.39 is 11.9 Å². The van der Waals surface area contributed by atoms with Crippen molar-refractivity contribution < 1.29 is 14.7 Å². The molecule has 0 aromatic carbocycles. The van der Waals surface area contributed by atoms with Gasteiger partial charge in [0.1, 0.15) is 0 Å². The van der Waals surface area contributed by atoms with Gasteiger partial charge in [0.25, 0.3) is 0 Å². The van der Waals surface area contributed by atoms with Gasteiger partial charge in [0.15, 0.2) is 0 Å². The summed E-state index contributed by atoms with van der Waals surface area (Å²) < 4.78 is 0. The number of hydrogen-bond donors (Lipinski definition) is 3. The molecule has 5 nitrogen and oxygen atoms in total. The van der Waals surface area contributed by atoms with Gasteiger partial charge < -0.3 is 16.2 Å². The lowest BCUT2D eigenvalue weighted by molar-refractivity contribution is -0.142. The minimum absolute atomic E-state index is 0.0765. The molecule has 0 aromatic rings. The molecule has 1 aliphatic rings. The first-order valence-corrected chi connectivity index (χ1v) is 5.72. The number of carboxylic acids is 1. The zero-order valence-electron chi connectivity index (χ0n) is 9.77. The molecule has 1 amide bonds. The summed E-state index contributed by atoms with van der Waals surface area (Å²) in [6.45, 7) is 3.29. The fraction of sp³-hybridized carbons (Fsp3) is 0.818. The van der Waals surface area contributed by atoms with Crippen LogP contribution in [0.1, 0.15) is 33.1 Å². The molecule has 4 atom stereocenters. The van der Waals surface area contributed by atoms with Crippen LogP contribution in [0.4, 0.5) is 0 Å². The predicted molar refractivity (Wildman–Crippen MR) is 59.7 cm³/mol. The highest BCUT2D eigenvalue weighted by atomic mass is 16.4. The smallest absolute Gasteiger partial charge is 0.308 e. The third-order valence-electron chi connectivity index (χ3n) is 3.42. The highest BCUT2D eigenvalue weighted by Crippen LogP contribution is 2.24. The summed E-state index contributed by atoms with van der Waals surface area (Å²) in [6, 6.07) is -0.440. The maximum atomic E-state index is 11.8. The maximum absolute atomic E-state index is 11.8. The standard InChI is InChI=1S/C11H20N2O3/c1-6(11(15)16)7(2)13-10(14)8-4-3-5-9(8)12/h6-9H,3-5,12H2,1-2H3,(H,13,14)(H,15,16). The molecule has 1 rings (SSSR count). The van der Waals surface area contributed by atoms with Crippen molar-refractivity contribution in [1.29, 1.82) is 0 Å². The Kier molecular flexibility index (Phi) is 4.29. The van der Waals surface area contributed by atoms with Crippen molar-refractivity contribution in [2.75, 3.05) is 0 Å². The van der Waals surface area contributed by atoms with Crippen molar-refractivity contribution in [3.05, 3.63) is 0 Å². The lowest BCUT2D eigenvalue weighted by atomic mass is 10.00. The lowest BCUT2D eigenvalue weighted by Crippen LogP contribution is -2.45. The Hall–Kier alpha value is -1.10. The SMILES string of the molecule is CC(NC(=O)C1CCCC1N)C(C)C(=O)O. The molecule has 4 unspecified atom stereocenters. The summed E-state index contributed by atoms with van der Waals surface area (Å²) in [7, 11) is 0. The first kappa shape index (κ1) is 13.0. The average molecular weight is 228 g/mol. The Bertz CT molecular complexity index is 280. The number of nitrogens with two attached hydrogens (primary N) is 1. The van der Waals surface area contributed by atoms with Gasteiger partial charge >= 0.3 is 5.97 Å². The topological polar surface area (TPSA) is 92.4 Å².